The van der Waals surface area contributed by atoms with Gasteiger partial charge in [0.15, 0.2) is 0 Å². The minimum absolute atomic E-state index is 0.0295. The molecule has 1 heterocycles. The van der Waals surface area contributed by atoms with Gasteiger partial charge in [0, 0.05) is 31.9 Å². The van der Waals surface area contributed by atoms with Crippen LogP contribution >= 0.6 is 0 Å². The number of hydrogen-bond acceptors (Lipinski definition) is 3. The molecule has 1 aliphatic heterocycles. The summed E-state index contributed by atoms with van der Waals surface area (Å²) in [6.07, 6.45) is 1.33. The van der Waals surface area contributed by atoms with Crippen molar-refractivity contribution in [3.63, 3.8) is 0 Å². The predicted octanol–water partition coefficient (Wildman–Crippen LogP) is 4.88. The number of piperidine rings is 1. The Bertz CT molecular complexity index is 1160. The average Bonchev–Trinajstić information content (AvgIpc) is 2.87. The van der Waals surface area contributed by atoms with Crippen LogP contribution in [0.1, 0.15) is 28.7 Å². The van der Waals surface area contributed by atoms with Crippen LogP contribution in [0.15, 0.2) is 72.8 Å². The second-order valence-corrected chi connectivity index (χ2v) is 9.83. The van der Waals surface area contributed by atoms with Crippen LogP contribution < -0.4 is 10.6 Å². The number of nitrogens with zero attached hydrogens (tertiary/aromatic N) is 1. The number of rotatable bonds is 8. The van der Waals surface area contributed by atoms with E-state index in [9.17, 15) is 14.0 Å². The number of anilines is 1. The first-order valence-corrected chi connectivity index (χ1v) is 12.5. The monoisotopic (exact) mass is 487 g/mol. The zero-order chi connectivity index (χ0) is 25.5. The van der Waals surface area contributed by atoms with Crippen LogP contribution in [0, 0.1) is 31.5 Å². The highest BCUT2D eigenvalue weighted by atomic mass is 19.1. The summed E-state index contributed by atoms with van der Waals surface area (Å²) in [5, 5.41) is 5.99. The number of likely N-dealkylation sites (tertiary alicyclic amines) is 1. The van der Waals surface area contributed by atoms with E-state index in [4.69, 9.17) is 0 Å². The van der Waals surface area contributed by atoms with Gasteiger partial charge in [0.1, 0.15) is 5.82 Å². The van der Waals surface area contributed by atoms with Gasteiger partial charge in [-0.15, -0.1) is 0 Å². The zero-order valence-electron chi connectivity index (χ0n) is 21.0. The number of benzene rings is 3. The molecule has 0 bridgehead atoms. The number of nitrogens with one attached hydrogen (secondary N) is 2. The quantitative estimate of drug-likeness (QED) is 0.476. The molecule has 1 fully saturated rings. The number of carbonyl (C=O) groups excluding carboxylic acids is 2. The summed E-state index contributed by atoms with van der Waals surface area (Å²) in [7, 11) is 0. The molecule has 2 amide bonds. The van der Waals surface area contributed by atoms with Crippen molar-refractivity contribution in [2.24, 2.45) is 11.8 Å². The Morgan fingerprint density at radius 2 is 1.50 bits per heavy atom. The molecule has 1 aliphatic rings. The number of aryl methyl sites for hydroxylation is 2. The second kappa shape index (κ2) is 12.0. The lowest BCUT2D eigenvalue weighted by molar-refractivity contribution is -0.130. The minimum atomic E-state index is -0.349. The van der Waals surface area contributed by atoms with E-state index in [-0.39, 0.29) is 29.5 Å². The Balaban J connectivity index is 1.43. The van der Waals surface area contributed by atoms with Crippen LogP contribution in [0.4, 0.5) is 10.1 Å². The van der Waals surface area contributed by atoms with Gasteiger partial charge in [-0.25, -0.2) is 4.39 Å². The van der Waals surface area contributed by atoms with E-state index in [2.05, 4.69) is 59.7 Å². The fourth-order valence-electron chi connectivity index (χ4n) is 4.97. The van der Waals surface area contributed by atoms with Crippen molar-refractivity contribution in [2.75, 3.05) is 25.0 Å². The molecule has 3 aromatic carbocycles. The van der Waals surface area contributed by atoms with Crippen LogP contribution in [0.25, 0.3) is 0 Å². The summed E-state index contributed by atoms with van der Waals surface area (Å²) in [6.45, 7) is 6.54. The molecule has 0 aromatic heterocycles. The van der Waals surface area contributed by atoms with Gasteiger partial charge in [-0.3, -0.25) is 9.59 Å². The van der Waals surface area contributed by atoms with Crippen molar-refractivity contribution >= 4 is 17.5 Å². The van der Waals surface area contributed by atoms with Gasteiger partial charge in [0.25, 0.3) is 0 Å². The van der Waals surface area contributed by atoms with Gasteiger partial charge in [-0.05, 0) is 62.1 Å². The highest BCUT2D eigenvalue weighted by Crippen LogP contribution is 2.25. The average molecular weight is 488 g/mol. The molecule has 4 rings (SSSR count). The Hall–Kier alpha value is -3.51. The van der Waals surface area contributed by atoms with Crippen molar-refractivity contribution in [3.05, 3.63) is 101 Å². The van der Waals surface area contributed by atoms with Crippen molar-refractivity contribution < 1.29 is 14.0 Å². The molecule has 1 saturated heterocycles. The van der Waals surface area contributed by atoms with Crippen molar-refractivity contribution in [3.8, 4) is 0 Å². The van der Waals surface area contributed by atoms with Gasteiger partial charge in [-0.1, -0.05) is 59.7 Å². The molecular weight excluding hydrogens is 453 g/mol. The van der Waals surface area contributed by atoms with E-state index < -0.39 is 0 Å². The maximum Gasteiger partial charge on any atom is 0.228 e. The van der Waals surface area contributed by atoms with Crippen molar-refractivity contribution in [2.45, 2.75) is 33.2 Å². The number of hydrogen-bond donors (Lipinski definition) is 2. The number of carbonyl (C=O) groups is 2. The van der Waals surface area contributed by atoms with Gasteiger partial charge < -0.3 is 15.5 Å². The van der Waals surface area contributed by atoms with Gasteiger partial charge >= 0.3 is 0 Å². The Morgan fingerprint density at radius 1 is 0.861 bits per heavy atom. The first-order chi connectivity index (χ1) is 17.4. The number of halogens is 1. The van der Waals surface area contributed by atoms with Crippen molar-refractivity contribution in [1.29, 1.82) is 0 Å². The Labute approximate surface area is 212 Å². The first kappa shape index (κ1) is 25.6. The largest absolute Gasteiger partial charge is 0.352 e. The third kappa shape index (κ3) is 7.25. The van der Waals surface area contributed by atoms with Crippen LogP contribution in [0.2, 0.25) is 0 Å². The molecule has 3 aromatic rings. The van der Waals surface area contributed by atoms with Crippen LogP contribution in [0.3, 0.4) is 0 Å². The summed E-state index contributed by atoms with van der Waals surface area (Å²) < 4.78 is 13.3. The molecule has 36 heavy (non-hydrogen) atoms. The highest BCUT2D eigenvalue weighted by Gasteiger charge is 2.35. The lowest BCUT2D eigenvalue weighted by Crippen LogP contribution is -2.49. The van der Waals surface area contributed by atoms with Crippen LogP contribution in [-0.2, 0) is 22.6 Å². The summed E-state index contributed by atoms with van der Waals surface area (Å²) >= 11 is 0. The fraction of sp³-hybridized carbons (Fsp3) is 0.333. The molecule has 6 heteroatoms. The van der Waals surface area contributed by atoms with E-state index in [0.29, 0.717) is 31.7 Å². The summed E-state index contributed by atoms with van der Waals surface area (Å²) in [4.78, 5) is 28.6. The minimum Gasteiger partial charge on any atom is -0.352 e. The van der Waals surface area contributed by atoms with Crippen LogP contribution in [0.5, 0.6) is 0 Å². The van der Waals surface area contributed by atoms with Gasteiger partial charge in [-0.2, -0.15) is 0 Å². The molecule has 0 aliphatic carbocycles. The Morgan fingerprint density at radius 3 is 2.17 bits per heavy atom. The first-order valence-electron chi connectivity index (χ1n) is 12.5. The molecule has 2 N–H and O–H groups in total. The molecule has 0 saturated carbocycles. The predicted molar refractivity (Wildman–Crippen MR) is 141 cm³/mol. The van der Waals surface area contributed by atoms with Gasteiger partial charge in [0.2, 0.25) is 11.8 Å². The maximum atomic E-state index is 13.3. The summed E-state index contributed by atoms with van der Waals surface area (Å²) in [6, 6.07) is 22.3. The third-order valence-electron chi connectivity index (χ3n) is 6.69. The molecular formula is C30H34FN3O2. The lowest BCUT2D eigenvalue weighted by Gasteiger charge is -2.36. The SMILES string of the molecule is Cc1cc(C)cc(CNC(=O)[C@H]2C[C@@H](C(=O)Nc3ccc(F)cc3)CN(CCc3ccccc3)C2)c1. The normalized spacial score (nSPS) is 18.0. The van der Waals surface area contributed by atoms with Crippen LogP contribution in [-0.4, -0.2) is 36.3 Å². The van der Waals surface area contributed by atoms with E-state index >= 15 is 0 Å². The smallest absolute Gasteiger partial charge is 0.228 e. The molecule has 5 nitrogen and oxygen atoms in total. The standard InChI is InChI=1S/C30H34FN3O2/c1-21-14-22(2)16-24(15-21)18-32-29(35)25-17-26(30(36)33-28-10-8-27(31)9-11-28)20-34(19-25)13-12-23-6-4-3-5-7-23/h3-11,14-16,25-26H,12-13,17-20H2,1-2H3,(H,32,35)(H,33,36)/t25-,26+/m0/s1. The molecule has 0 unspecified atom stereocenters. The van der Waals surface area contributed by atoms with E-state index in [1.165, 1.54) is 28.8 Å². The zero-order valence-corrected chi connectivity index (χ0v) is 21.0. The Kier molecular flexibility index (Phi) is 8.49. The lowest BCUT2D eigenvalue weighted by atomic mass is 9.87. The summed E-state index contributed by atoms with van der Waals surface area (Å²) in [5.74, 6) is -1.14. The second-order valence-electron chi connectivity index (χ2n) is 9.83. The van der Waals surface area contributed by atoms with Crippen molar-refractivity contribution in [1.82, 2.24) is 10.2 Å². The molecule has 188 valence electrons. The topological polar surface area (TPSA) is 61.4 Å². The molecule has 0 spiro atoms. The van der Waals surface area contributed by atoms with Gasteiger partial charge in [0.05, 0.1) is 11.8 Å². The summed E-state index contributed by atoms with van der Waals surface area (Å²) in [5.41, 5.74) is 5.19. The number of amides is 2. The molecule has 0 radical (unpaired) electrons. The maximum absolute atomic E-state index is 13.3. The highest BCUT2D eigenvalue weighted by molar-refractivity contribution is 5.93. The van der Waals surface area contributed by atoms with E-state index in [0.717, 1.165) is 18.5 Å². The third-order valence-corrected chi connectivity index (χ3v) is 6.69. The fourth-order valence-corrected chi connectivity index (χ4v) is 4.97. The molecule has 2 atom stereocenters. The van der Waals surface area contributed by atoms with E-state index in [1.54, 1.807) is 12.1 Å². The van der Waals surface area contributed by atoms with E-state index in [1.807, 2.05) is 18.2 Å².